The highest BCUT2D eigenvalue weighted by molar-refractivity contribution is 7.99. The highest BCUT2D eigenvalue weighted by Gasteiger charge is 2.35. The van der Waals surface area contributed by atoms with Crippen LogP contribution in [-0.2, 0) is 25.7 Å². The summed E-state index contributed by atoms with van der Waals surface area (Å²) in [5.41, 5.74) is 0.434. The van der Waals surface area contributed by atoms with Crippen molar-refractivity contribution in [1.29, 1.82) is 0 Å². The number of piperazine rings is 1. The van der Waals surface area contributed by atoms with Crippen molar-refractivity contribution in [2.24, 2.45) is 0 Å². The number of carbonyl (C=O) groups excluding carboxylic acids is 3. The number of nitrogens with one attached hydrogen (secondary N) is 1. The molecule has 0 spiro atoms. The minimum Gasteiger partial charge on any atom is -0.469 e. The van der Waals surface area contributed by atoms with Gasteiger partial charge in [-0.25, -0.2) is 4.98 Å². The van der Waals surface area contributed by atoms with Crippen LogP contribution >= 0.6 is 11.8 Å². The Balaban J connectivity index is 1.81. The second-order valence-corrected chi connectivity index (χ2v) is 7.77. The van der Waals surface area contributed by atoms with Gasteiger partial charge in [0.2, 0.25) is 11.8 Å². The van der Waals surface area contributed by atoms with Crippen molar-refractivity contribution in [2.75, 3.05) is 26.0 Å². The molecule has 9 nitrogen and oxygen atoms in total. The van der Waals surface area contributed by atoms with E-state index in [0.717, 1.165) is 18.2 Å². The number of hydrogen-bond acceptors (Lipinski definition) is 7. The van der Waals surface area contributed by atoms with Gasteiger partial charge in [0.05, 0.1) is 30.2 Å². The van der Waals surface area contributed by atoms with Crippen LogP contribution in [-0.4, -0.2) is 64.2 Å². The molecule has 0 bridgehead atoms. The molecule has 1 saturated heterocycles. The number of esters is 1. The zero-order valence-corrected chi connectivity index (χ0v) is 17.7. The molecule has 2 heterocycles. The first-order valence-corrected chi connectivity index (χ1v) is 10.7. The lowest BCUT2D eigenvalue weighted by molar-refractivity contribution is -0.149. The molecule has 3 rings (SSSR count). The van der Waals surface area contributed by atoms with Gasteiger partial charge in [-0.2, -0.15) is 0 Å². The molecule has 1 N–H and O–H groups in total. The van der Waals surface area contributed by atoms with Crippen LogP contribution in [0.4, 0.5) is 0 Å². The number of amides is 2. The Hall–Kier alpha value is -2.88. The van der Waals surface area contributed by atoms with E-state index in [0.29, 0.717) is 35.7 Å². The Morgan fingerprint density at radius 2 is 2.07 bits per heavy atom. The smallest absolute Gasteiger partial charge is 0.308 e. The maximum Gasteiger partial charge on any atom is 0.308 e. The van der Waals surface area contributed by atoms with E-state index < -0.39 is 12.0 Å². The summed E-state index contributed by atoms with van der Waals surface area (Å²) >= 11 is 1.16. The van der Waals surface area contributed by atoms with E-state index in [2.05, 4.69) is 15.0 Å². The lowest BCUT2D eigenvalue weighted by atomic mass is 10.1. The maximum atomic E-state index is 12.9. The normalized spacial score (nSPS) is 16.4. The van der Waals surface area contributed by atoms with Crippen molar-refractivity contribution in [2.45, 2.75) is 37.5 Å². The molecular weight excluding hydrogens is 408 g/mol. The van der Waals surface area contributed by atoms with Crippen LogP contribution < -0.4 is 10.9 Å². The number of para-hydroxylation sites is 1. The first-order valence-electron chi connectivity index (χ1n) is 9.72. The van der Waals surface area contributed by atoms with Gasteiger partial charge < -0.3 is 15.0 Å². The number of ether oxygens (including phenoxy) is 1. The minimum absolute atomic E-state index is 0.000548. The van der Waals surface area contributed by atoms with Crippen LogP contribution in [0.25, 0.3) is 10.9 Å². The van der Waals surface area contributed by atoms with Gasteiger partial charge in [-0.1, -0.05) is 30.8 Å². The number of rotatable bonds is 7. The molecule has 1 aromatic heterocycles. The van der Waals surface area contributed by atoms with Crippen LogP contribution in [0.5, 0.6) is 0 Å². The summed E-state index contributed by atoms with van der Waals surface area (Å²) < 4.78 is 6.22. The molecule has 2 amide bonds. The molecule has 1 aromatic carbocycles. The summed E-state index contributed by atoms with van der Waals surface area (Å²) in [4.78, 5) is 55.5. The van der Waals surface area contributed by atoms with Gasteiger partial charge in [-0.15, -0.1) is 0 Å². The van der Waals surface area contributed by atoms with Crippen LogP contribution in [0.2, 0.25) is 0 Å². The second kappa shape index (κ2) is 9.75. The summed E-state index contributed by atoms with van der Waals surface area (Å²) in [7, 11) is 1.24. The van der Waals surface area contributed by atoms with E-state index in [1.807, 2.05) is 13.0 Å². The minimum atomic E-state index is -0.901. The number of methoxy groups -OCH3 is 1. The average molecular weight is 433 g/mol. The van der Waals surface area contributed by atoms with Crippen molar-refractivity contribution in [3.63, 3.8) is 0 Å². The highest BCUT2D eigenvalue weighted by atomic mass is 32.2. The Kier molecular flexibility index (Phi) is 7.09. The largest absolute Gasteiger partial charge is 0.469 e. The number of fused-ring (bicyclic) bond motifs is 1. The zero-order valence-electron chi connectivity index (χ0n) is 16.9. The van der Waals surface area contributed by atoms with E-state index in [1.54, 1.807) is 22.8 Å². The number of aromatic nitrogens is 2. The number of thioether (sulfide) groups is 1. The molecule has 0 saturated carbocycles. The third-order valence-electron chi connectivity index (χ3n) is 4.84. The standard InChI is InChI=1S/C20H24N4O5S/c1-3-9-24-19(28)13-6-4-5-7-14(13)22-20(24)30-12-16(25)23-10-8-21-18(27)15(23)11-17(26)29-2/h4-7,15H,3,8-12H2,1-2H3,(H,21,27). The van der Waals surface area contributed by atoms with Gasteiger partial charge in [0.15, 0.2) is 5.16 Å². The monoisotopic (exact) mass is 432 g/mol. The average Bonchev–Trinajstić information content (AvgIpc) is 2.75. The quantitative estimate of drug-likeness (QED) is 0.391. The van der Waals surface area contributed by atoms with E-state index in [-0.39, 0.29) is 29.5 Å². The van der Waals surface area contributed by atoms with Gasteiger partial charge in [-0.3, -0.25) is 23.7 Å². The summed E-state index contributed by atoms with van der Waals surface area (Å²) in [6.45, 7) is 3.08. The van der Waals surface area contributed by atoms with E-state index in [1.165, 1.54) is 12.0 Å². The van der Waals surface area contributed by atoms with Gasteiger partial charge in [0.25, 0.3) is 5.56 Å². The van der Waals surface area contributed by atoms with Crippen LogP contribution in [0.15, 0.2) is 34.2 Å². The molecule has 1 atom stereocenters. The van der Waals surface area contributed by atoms with E-state index in [9.17, 15) is 19.2 Å². The maximum absolute atomic E-state index is 12.9. The van der Waals surface area contributed by atoms with Crippen molar-refractivity contribution < 1.29 is 19.1 Å². The number of benzene rings is 1. The van der Waals surface area contributed by atoms with Crippen LogP contribution in [0.1, 0.15) is 19.8 Å². The molecule has 1 aliphatic heterocycles. The Labute approximate surface area is 177 Å². The molecule has 10 heteroatoms. The molecule has 1 unspecified atom stereocenters. The first kappa shape index (κ1) is 21.8. The highest BCUT2D eigenvalue weighted by Crippen LogP contribution is 2.20. The molecule has 30 heavy (non-hydrogen) atoms. The zero-order chi connectivity index (χ0) is 21.7. The lowest BCUT2D eigenvalue weighted by Crippen LogP contribution is -2.58. The van der Waals surface area contributed by atoms with Crippen LogP contribution in [0.3, 0.4) is 0 Å². The molecule has 2 aromatic rings. The summed E-state index contributed by atoms with van der Waals surface area (Å²) in [6.07, 6.45) is 0.544. The summed E-state index contributed by atoms with van der Waals surface area (Å²) in [6, 6.07) is 6.20. The topological polar surface area (TPSA) is 111 Å². The fourth-order valence-electron chi connectivity index (χ4n) is 3.35. The van der Waals surface area contributed by atoms with Gasteiger partial charge in [0, 0.05) is 19.6 Å². The van der Waals surface area contributed by atoms with Crippen molar-refractivity contribution in [3.8, 4) is 0 Å². The predicted octanol–water partition coefficient (Wildman–Crippen LogP) is 0.789. The van der Waals surface area contributed by atoms with E-state index >= 15 is 0 Å². The van der Waals surface area contributed by atoms with Crippen molar-refractivity contribution in [1.82, 2.24) is 19.8 Å². The third kappa shape index (κ3) is 4.64. The van der Waals surface area contributed by atoms with Crippen molar-refractivity contribution in [3.05, 3.63) is 34.6 Å². The summed E-state index contributed by atoms with van der Waals surface area (Å²) in [5, 5.41) is 3.66. The Morgan fingerprint density at radius 3 is 2.80 bits per heavy atom. The fraction of sp³-hybridized carbons (Fsp3) is 0.450. The molecular formula is C20H24N4O5S. The van der Waals surface area contributed by atoms with E-state index in [4.69, 9.17) is 0 Å². The van der Waals surface area contributed by atoms with Gasteiger partial charge >= 0.3 is 5.97 Å². The first-order chi connectivity index (χ1) is 14.5. The SMILES string of the molecule is CCCn1c(SCC(=O)N2CCNC(=O)C2CC(=O)OC)nc2ccccc2c1=O. The number of carbonyl (C=O) groups is 3. The predicted molar refractivity (Wildman–Crippen MR) is 112 cm³/mol. The third-order valence-corrected chi connectivity index (χ3v) is 5.80. The Morgan fingerprint density at radius 1 is 1.30 bits per heavy atom. The molecule has 0 aliphatic carbocycles. The van der Waals surface area contributed by atoms with Crippen molar-refractivity contribution >= 4 is 40.4 Å². The van der Waals surface area contributed by atoms with Gasteiger partial charge in [-0.05, 0) is 18.6 Å². The fourth-order valence-corrected chi connectivity index (χ4v) is 4.26. The second-order valence-electron chi connectivity index (χ2n) is 6.83. The molecule has 160 valence electrons. The van der Waals surface area contributed by atoms with Crippen LogP contribution in [0, 0.1) is 0 Å². The molecule has 1 aliphatic rings. The Bertz CT molecular complexity index is 1020. The molecule has 0 radical (unpaired) electrons. The number of hydrogen-bond donors (Lipinski definition) is 1. The van der Waals surface area contributed by atoms with Gasteiger partial charge in [0.1, 0.15) is 6.04 Å². The number of nitrogens with zero attached hydrogens (tertiary/aromatic N) is 3. The molecule has 1 fully saturated rings. The lowest BCUT2D eigenvalue weighted by Gasteiger charge is -2.34. The summed E-state index contributed by atoms with van der Waals surface area (Å²) in [5.74, 6) is -1.24.